The Hall–Kier alpha value is -2.90. The first kappa shape index (κ1) is 38.6. The van der Waals surface area contributed by atoms with Gasteiger partial charge in [0, 0.05) is 46.6 Å². The number of aryl methyl sites for hydroxylation is 1. The minimum atomic E-state index is 0.225. The zero-order valence-electron chi connectivity index (χ0n) is 36.9. The van der Waals surface area contributed by atoms with E-state index in [1.807, 2.05) is 0 Å². The van der Waals surface area contributed by atoms with Gasteiger partial charge in [0.25, 0.3) is 0 Å². The van der Waals surface area contributed by atoms with Crippen molar-refractivity contribution in [2.24, 2.45) is 45.3 Å². The van der Waals surface area contributed by atoms with Crippen LogP contribution in [0.2, 0.25) is 0 Å². The Morgan fingerprint density at radius 3 is 1.30 bits per heavy atom. The summed E-state index contributed by atoms with van der Waals surface area (Å²) < 4.78 is 0. The number of hydrogen-bond donors (Lipinski definition) is 2. The smallest absolute Gasteiger partial charge is 0.137 e. The molecule has 8 bridgehead atoms. The van der Waals surface area contributed by atoms with Gasteiger partial charge in [-0.3, -0.25) is 0 Å². The molecule has 9 rings (SSSR count). The van der Waals surface area contributed by atoms with Crippen LogP contribution in [0.25, 0.3) is 11.3 Å². The van der Waals surface area contributed by atoms with Crippen LogP contribution in [0, 0.1) is 45.3 Å². The van der Waals surface area contributed by atoms with Crippen molar-refractivity contribution in [1.29, 1.82) is 0 Å². The predicted octanol–water partition coefficient (Wildman–Crippen LogP) is 11.9. The van der Waals surface area contributed by atoms with E-state index in [9.17, 15) is 0 Å². The van der Waals surface area contributed by atoms with Crippen molar-refractivity contribution in [2.45, 2.75) is 196 Å². The van der Waals surface area contributed by atoms with Crippen LogP contribution in [-0.4, -0.2) is 39.9 Å². The van der Waals surface area contributed by atoms with E-state index in [1.54, 1.807) is 0 Å². The summed E-state index contributed by atoms with van der Waals surface area (Å²) >= 11 is 0. The molecule has 10 unspecified atom stereocenters. The molecule has 3 saturated carbocycles. The minimum Gasteiger partial charge on any atom is -0.331 e. The van der Waals surface area contributed by atoms with E-state index in [-0.39, 0.29) is 33.5 Å². The normalized spacial score (nSPS) is 32.9. The predicted molar refractivity (Wildman–Crippen MR) is 225 cm³/mol. The fourth-order valence-electron chi connectivity index (χ4n) is 12.3. The van der Waals surface area contributed by atoms with Gasteiger partial charge in [0.1, 0.15) is 46.2 Å². The first-order valence-electron chi connectivity index (χ1n) is 22.7. The van der Waals surface area contributed by atoms with Crippen molar-refractivity contribution in [3.05, 3.63) is 46.1 Å². The van der Waals surface area contributed by atoms with Crippen LogP contribution >= 0.6 is 0 Å². The SMILES string of the molecule is CC(C)(C)C1CCc2c(c3nc4nc(nc5[nH]c(nc6nc(nc2[nH]3)C2CC(C(C)(C)C)CCC62)C2CC(C(C)(C)C)CCC52)C2CC(C(C)(C)C)CCC42)C1. The summed E-state index contributed by atoms with van der Waals surface area (Å²) in [5.41, 5.74) is 5.66. The summed E-state index contributed by atoms with van der Waals surface area (Å²) in [6, 6.07) is 0. The summed E-state index contributed by atoms with van der Waals surface area (Å²) in [5.74, 6) is 10.5. The van der Waals surface area contributed by atoms with Crippen molar-refractivity contribution in [3.63, 3.8) is 0 Å². The molecule has 3 aliphatic heterocycles. The summed E-state index contributed by atoms with van der Waals surface area (Å²) in [5, 5.41) is 0. The molecule has 10 atom stereocenters. The van der Waals surface area contributed by atoms with Gasteiger partial charge in [0.2, 0.25) is 0 Å². The average molecular weight is 761 g/mol. The van der Waals surface area contributed by atoms with Crippen molar-refractivity contribution in [3.8, 4) is 0 Å². The van der Waals surface area contributed by atoms with E-state index in [0.29, 0.717) is 47.3 Å². The highest BCUT2D eigenvalue weighted by Gasteiger charge is 2.47. The van der Waals surface area contributed by atoms with Gasteiger partial charge in [-0.2, -0.15) is 0 Å². The Balaban J connectivity index is 1.29. The van der Waals surface area contributed by atoms with Gasteiger partial charge in [-0.15, -0.1) is 0 Å². The van der Waals surface area contributed by atoms with Crippen LogP contribution in [0.15, 0.2) is 0 Å². The molecule has 3 fully saturated rings. The van der Waals surface area contributed by atoms with Gasteiger partial charge in [-0.05, 0) is 122 Å². The molecule has 0 radical (unpaired) electrons. The molecule has 304 valence electrons. The monoisotopic (exact) mass is 761 g/mol. The van der Waals surface area contributed by atoms with Gasteiger partial charge in [0.05, 0.1) is 0 Å². The average Bonchev–Trinajstić information content (AvgIpc) is 3.84. The van der Waals surface area contributed by atoms with Gasteiger partial charge in [-0.1, -0.05) is 83.1 Å². The van der Waals surface area contributed by atoms with Crippen molar-refractivity contribution < 1.29 is 0 Å². The second kappa shape index (κ2) is 13.3. The molecular weight excluding hydrogens is 689 g/mol. The molecule has 4 aliphatic carbocycles. The molecule has 5 heterocycles. The molecular formula is C48H72N8. The molecule has 2 aromatic rings. The third kappa shape index (κ3) is 6.82. The molecule has 8 heteroatoms. The lowest BCUT2D eigenvalue weighted by Gasteiger charge is -2.39. The largest absolute Gasteiger partial charge is 0.331 e. The molecule has 0 aromatic carbocycles. The number of nitrogens with one attached hydrogen (secondary N) is 2. The Morgan fingerprint density at radius 1 is 0.375 bits per heavy atom. The second-order valence-electron chi connectivity index (χ2n) is 23.9. The number of aromatic amines is 2. The highest BCUT2D eigenvalue weighted by molar-refractivity contribution is 5.66. The maximum Gasteiger partial charge on any atom is 0.137 e. The number of nitrogens with zero attached hydrogens (tertiary/aromatic N) is 6. The van der Waals surface area contributed by atoms with Crippen molar-refractivity contribution in [2.75, 3.05) is 0 Å². The van der Waals surface area contributed by atoms with Gasteiger partial charge in [0.15, 0.2) is 0 Å². The highest BCUT2D eigenvalue weighted by atomic mass is 15.1. The number of aromatic nitrogens is 8. The zero-order chi connectivity index (χ0) is 39.7. The van der Waals surface area contributed by atoms with Crippen LogP contribution in [0.3, 0.4) is 0 Å². The molecule has 0 amide bonds. The zero-order valence-corrected chi connectivity index (χ0v) is 36.9. The van der Waals surface area contributed by atoms with Crippen molar-refractivity contribution in [1.82, 2.24) is 39.9 Å². The van der Waals surface area contributed by atoms with Crippen LogP contribution in [0.5, 0.6) is 0 Å². The van der Waals surface area contributed by atoms with E-state index in [2.05, 4.69) is 93.1 Å². The first-order valence-corrected chi connectivity index (χ1v) is 22.7. The molecule has 0 saturated heterocycles. The maximum absolute atomic E-state index is 5.65. The summed E-state index contributed by atoms with van der Waals surface area (Å²) in [6.07, 6.45) is 13.6. The Labute approximate surface area is 337 Å². The third-order valence-electron chi connectivity index (χ3n) is 16.5. The molecule has 8 nitrogen and oxygen atoms in total. The molecule has 0 spiro atoms. The highest BCUT2D eigenvalue weighted by Crippen LogP contribution is 2.56. The summed E-state index contributed by atoms with van der Waals surface area (Å²) in [4.78, 5) is 41.3. The minimum absolute atomic E-state index is 0.225. The number of rotatable bonds is 0. The standard InChI is InChI=1S/C48H72N8/c1-45(2,3)25-13-17-29-33(21-25)41-49-37(29)54-42-35-23-27(47(7,8)9)15-19-31(35)39(51-42)56-44-36-24-28(48(10,11)12)16-20-32(36)40(52-44)55-43-34-22-26(46(4,5)6)14-18-30(34)38(50-43)53-41/h25-31,33-35,52H,13-24H2,1-12H3,(H,49,50,51,53,54,55,56). The number of hydrogen-bond acceptors (Lipinski definition) is 6. The van der Waals surface area contributed by atoms with E-state index < -0.39 is 0 Å². The molecule has 7 aliphatic rings. The topological polar surface area (TPSA) is 109 Å². The fraction of sp³-hybridized carbons (Fsp3) is 0.792. The Kier molecular flexibility index (Phi) is 9.18. The summed E-state index contributed by atoms with van der Waals surface area (Å²) in [7, 11) is 0. The molecule has 56 heavy (non-hydrogen) atoms. The lowest BCUT2D eigenvalue weighted by molar-refractivity contribution is 0.150. The number of H-pyrrole nitrogens is 2. The number of fused-ring (bicyclic) bond motifs is 20. The quantitative estimate of drug-likeness (QED) is 0.277. The molecule has 2 N–H and O–H groups in total. The van der Waals surface area contributed by atoms with Gasteiger partial charge >= 0.3 is 0 Å². The van der Waals surface area contributed by atoms with Crippen LogP contribution < -0.4 is 0 Å². The molecule has 2 aromatic heterocycles. The lowest BCUT2D eigenvalue weighted by Crippen LogP contribution is -2.30. The van der Waals surface area contributed by atoms with E-state index in [4.69, 9.17) is 29.9 Å². The maximum atomic E-state index is 5.65. The van der Waals surface area contributed by atoms with E-state index >= 15 is 0 Å². The lowest BCUT2D eigenvalue weighted by atomic mass is 9.65. The Morgan fingerprint density at radius 2 is 0.786 bits per heavy atom. The summed E-state index contributed by atoms with van der Waals surface area (Å²) in [6.45, 7) is 29.0. The van der Waals surface area contributed by atoms with Crippen LogP contribution in [0.1, 0.15) is 229 Å². The van der Waals surface area contributed by atoms with E-state index in [0.717, 1.165) is 97.6 Å². The first-order chi connectivity index (χ1) is 26.2. The van der Waals surface area contributed by atoms with Crippen LogP contribution in [-0.2, 0) is 12.8 Å². The third-order valence-corrected chi connectivity index (χ3v) is 16.5. The fourth-order valence-corrected chi connectivity index (χ4v) is 12.3. The van der Waals surface area contributed by atoms with Gasteiger partial charge < -0.3 is 9.97 Å². The van der Waals surface area contributed by atoms with E-state index in [1.165, 1.54) is 36.8 Å². The van der Waals surface area contributed by atoms with Crippen LogP contribution in [0.4, 0.5) is 0 Å². The second-order valence-corrected chi connectivity index (χ2v) is 23.9. The Bertz CT molecular complexity index is 2040. The van der Waals surface area contributed by atoms with Crippen molar-refractivity contribution >= 4 is 11.3 Å². The van der Waals surface area contributed by atoms with Gasteiger partial charge in [-0.25, -0.2) is 29.9 Å².